The zero-order valence-corrected chi connectivity index (χ0v) is 20.7. The summed E-state index contributed by atoms with van der Waals surface area (Å²) < 4.78 is 5.49. The number of thiophene rings is 1. The number of amides is 3. The lowest BCUT2D eigenvalue weighted by molar-refractivity contribution is 0.0730. The Labute approximate surface area is 213 Å². The number of benzene rings is 3. The Hall–Kier alpha value is -4.23. The van der Waals surface area contributed by atoms with Crippen LogP contribution in [-0.2, 0) is 13.1 Å². The van der Waals surface area contributed by atoms with Crippen molar-refractivity contribution in [1.29, 1.82) is 0 Å². The van der Waals surface area contributed by atoms with Gasteiger partial charge in [-0.3, -0.25) is 14.4 Å². The first kappa shape index (κ1) is 23.5. The van der Waals surface area contributed by atoms with Crippen molar-refractivity contribution in [2.75, 3.05) is 12.0 Å². The Bertz CT molecular complexity index is 1460. The van der Waals surface area contributed by atoms with Gasteiger partial charge in [-0.25, -0.2) is 4.90 Å². The molecule has 1 aliphatic rings. The van der Waals surface area contributed by atoms with Crippen LogP contribution in [0.1, 0.15) is 47.1 Å². The second kappa shape index (κ2) is 9.79. The third-order valence-electron chi connectivity index (χ3n) is 6.26. The van der Waals surface area contributed by atoms with Gasteiger partial charge in [-0.15, -0.1) is 11.3 Å². The number of nitrogens with zero attached hydrogens (tertiary/aromatic N) is 2. The van der Waals surface area contributed by atoms with Gasteiger partial charge in [0.15, 0.2) is 0 Å². The largest absolute Gasteiger partial charge is 0.496 e. The molecule has 7 heteroatoms. The molecule has 0 fully saturated rings. The van der Waals surface area contributed by atoms with Crippen LogP contribution in [0.25, 0.3) is 0 Å². The SMILES string of the molecule is COc1ccccc1CN(Cc1cccs1)C(=O)c1ccc2c(c1)C(=O)N(c1ccccc1C)C2=O. The van der Waals surface area contributed by atoms with Crippen molar-refractivity contribution < 1.29 is 19.1 Å². The van der Waals surface area contributed by atoms with E-state index in [9.17, 15) is 14.4 Å². The van der Waals surface area contributed by atoms with E-state index in [0.717, 1.165) is 16.0 Å². The highest BCUT2D eigenvalue weighted by Gasteiger charge is 2.38. The van der Waals surface area contributed by atoms with Crippen LogP contribution in [0, 0.1) is 6.92 Å². The van der Waals surface area contributed by atoms with E-state index < -0.39 is 5.91 Å². The highest BCUT2D eigenvalue weighted by Crippen LogP contribution is 2.32. The Kier molecular flexibility index (Phi) is 6.40. The van der Waals surface area contributed by atoms with Gasteiger partial charge in [-0.05, 0) is 54.3 Å². The zero-order chi connectivity index (χ0) is 25.2. The number of methoxy groups -OCH3 is 1. The fourth-order valence-corrected chi connectivity index (χ4v) is 5.14. The topological polar surface area (TPSA) is 66.9 Å². The third-order valence-corrected chi connectivity index (χ3v) is 7.12. The highest BCUT2D eigenvalue weighted by atomic mass is 32.1. The van der Waals surface area contributed by atoms with E-state index in [1.165, 1.54) is 4.90 Å². The normalized spacial score (nSPS) is 12.6. The van der Waals surface area contributed by atoms with Crippen molar-refractivity contribution in [3.63, 3.8) is 0 Å². The fourth-order valence-electron chi connectivity index (χ4n) is 4.42. The van der Waals surface area contributed by atoms with Crippen LogP contribution in [0.3, 0.4) is 0 Å². The number of carbonyl (C=O) groups excluding carboxylic acids is 3. The van der Waals surface area contributed by atoms with Gasteiger partial charge in [0.1, 0.15) is 5.75 Å². The monoisotopic (exact) mass is 496 g/mol. The zero-order valence-electron chi connectivity index (χ0n) is 19.9. The van der Waals surface area contributed by atoms with Crippen LogP contribution < -0.4 is 9.64 Å². The van der Waals surface area contributed by atoms with Crippen molar-refractivity contribution in [1.82, 2.24) is 4.90 Å². The molecule has 4 aromatic rings. The van der Waals surface area contributed by atoms with E-state index in [-0.39, 0.29) is 17.4 Å². The van der Waals surface area contributed by atoms with Gasteiger partial charge in [-0.2, -0.15) is 0 Å². The van der Waals surface area contributed by atoms with Crippen molar-refractivity contribution in [3.05, 3.63) is 117 Å². The Morgan fingerprint density at radius 3 is 2.39 bits per heavy atom. The minimum Gasteiger partial charge on any atom is -0.496 e. The predicted octanol–water partition coefficient (Wildman–Crippen LogP) is 5.71. The van der Waals surface area contributed by atoms with Gasteiger partial charge in [-0.1, -0.05) is 42.5 Å². The van der Waals surface area contributed by atoms with Crippen molar-refractivity contribution in [2.45, 2.75) is 20.0 Å². The van der Waals surface area contributed by atoms with Gasteiger partial charge >= 0.3 is 0 Å². The molecule has 0 saturated heterocycles. The molecule has 2 heterocycles. The second-order valence-electron chi connectivity index (χ2n) is 8.54. The average Bonchev–Trinajstić information content (AvgIpc) is 3.50. The Morgan fingerprint density at radius 2 is 1.64 bits per heavy atom. The maximum Gasteiger partial charge on any atom is 0.266 e. The van der Waals surface area contributed by atoms with Crippen LogP contribution in [0.5, 0.6) is 5.75 Å². The molecule has 0 bridgehead atoms. The maximum absolute atomic E-state index is 13.7. The van der Waals surface area contributed by atoms with Crippen LogP contribution in [-0.4, -0.2) is 29.7 Å². The summed E-state index contributed by atoms with van der Waals surface area (Å²) in [4.78, 5) is 44.1. The average molecular weight is 497 g/mol. The quantitative estimate of drug-likeness (QED) is 0.308. The van der Waals surface area contributed by atoms with Crippen LogP contribution in [0.2, 0.25) is 0 Å². The van der Waals surface area contributed by atoms with E-state index in [2.05, 4.69) is 0 Å². The number of aryl methyl sites for hydroxylation is 1. The summed E-state index contributed by atoms with van der Waals surface area (Å²) in [5.41, 5.74) is 3.14. The first-order valence-corrected chi connectivity index (χ1v) is 12.4. The van der Waals surface area contributed by atoms with E-state index in [0.29, 0.717) is 35.7 Å². The number of imide groups is 1. The van der Waals surface area contributed by atoms with E-state index in [1.807, 2.05) is 60.8 Å². The minimum absolute atomic E-state index is 0.230. The molecule has 0 saturated carbocycles. The first-order chi connectivity index (χ1) is 17.5. The molecule has 0 spiro atoms. The summed E-state index contributed by atoms with van der Waals surface area (Å²) in [6.45, 7) is 2.60. The summed E-state index contributed by atoms with van der Waals surface area (Å²) in [5.74, 6) is -0.335. The van der Waals surface area contributed by atoms with Gasteiger partial charge in [0.05, 0.1) is 37.0 Å². The van der Waals surface area contributed by atoms with E-state index in [1.54, 1.807) is 53.7 Å². The lowest BCUT2D eigenvalue weighted by Gasteiger charge is -2.23. The molecule has 3 aromatic carbocycles. The van der Waals surface area contributed by atoms with Crippen molar-refractivity contribution in [3.8, 4) is 5.75 Å². The van der Waals surface area contributed by atoms with Gasteiger partial charge in [0.2, 0.25) is 0 Å². The minimum atomic E-state index is -0.423. The molecule has 0 atom stereocenters. The number of hydrogen-bond acceptors (Lipinski definition) is 5. The van der Waals surface area contributed by atoms with E-state index >= 15 is 0 Å². The fraction of sp³-hybridized carbons (Fsp3) is 0.138. The molecule has 180 valence electrons. The maximum atomic E-state index is 13.7. The molecule has 0 N–H and O–H groups in total. The Morgan fingerprint density at radius 1 is 0.889 bits per heavy atom. The second-order valence-corrected chi connectivity index (χ2v) is 9.58. The molecule has 36 heavy (non-hydrogen) atoms. The number of ether oxygens (including phenoxy) is 1. The first-order valence-electron chi connectivity index (χ1n) is 11.5. The highest BCUT2D eigenvalue weighted by molar-refractivity contribution is 7.09. The molecule has 0 aliphatic carbocycles. The molecule has 0 unspecified atom stereocenters. The standard InChI is InChI=1S/C29H24N2O4S/c1-19-8-3-5-11-25(19)31-28(33)23-14-13-20(16-24(23)29(31)34)27(32)30(18-22-10-7-15-36-22)17-21-9-4-6-12-26(21)35-2/h3-16H,17-18H2,1-2H3. The lowest BCUT2D eigenvalue weighted by Crippen LogP contribution is -2.30. The predicted molar refractivity (Wildman–Crippen MR) is 140 cm³/mol. The number of para-hydroxylation sites is 2. The molecule has 3 amide bonds. The molecular weight excluding hydrogens is 472 g/mol. The summed E-state index contributed by atoms with van der Waals surface area (Å²) in [6, 6.07) is 23.5. The van der Waals surface area contributed by atoms with Gasteiger partial charge < -0.3 is 9.64 Å². The summed E-state index contributed by atoms with van der Waals surface area (Å²) in [7, 11) is 1.60. The molecule has 1 aromatic heterocycles. The molecule has 1 aliphatic heterocycles. The molecule has 6 nitrogen and oxygen atoms in total. The smallest absolute Gasteiger partial charge is 0.266 e. The third kappa shape index (κ3) is 4.29. The number of anilines is 1. The number of carbonyl (C=O) groups is 3. The van der Waals surface area contributed by atoms with E-state index in [4.69, 9.17) is 4.74 Å². The van der Waals surface area contributed by atoms with Crippen LogP contribution in [0.15, 0.2) is 84.2 Å². The summed E-state index contributed by atoms with van der Waals surface area (Å²) >= 11 is 1.57. The number of fused-ring (bicyclic) bond motifs is 1. The molecule has 5 rings (SSSR count). The van der Waals surface area contributed by atoms with Crippen molar-refractivity contribution >= 4 is 34.7 Å². The Balaban J connectivity index is 1.48. The van der Waals surface area contributed by atoms with Crippen molar-refractivity contribution in [2.24, 2.45) is 0 Å². The number of rotatable bonds is 7. The molecular formula is C29H24N2O4S. The van der Waals surface area contributed by atoms with Gasteiger partial charge in [0, 0.05) is 16.0 Å². The summed E-state index contributed by atoms with van der Waals surface area (Å²) in [6.07, 6.45) is 0. The lowest BCUT2D eigenvalue weighted by atomic mass is 10.0. The molecule has 0 radical (unpaired) electrons. The number of hydrogen-bond donors (Lipinski definition) is 0. The van der Waals surface area contributed by atoms with Crippen LogP contribution >= 0.6 is 11.3 Å². The summed E-state index contributed by atoms with van der Waals surface area (Å²) in [5, 5.41) is 1.97. The van der Waals surface area contributed by atoms with Gasteiger partial charge in [0.25, 0.3) is 17.7 Å². The van der Waals surface area contributed by atoms with Crippen LogP contribution in [0.4, 0.5) is 5.69 Å².